The molecule has 34 heavy (non-hydrogen) atoms. The first-order chi connectivity index (χ1) is 16.7. The second-order valence-corrected chi connectivity index (χ2v) is 7.82. The molecule has 1 N–H and O–H groups in total. The van der Waals surface area contributed by atoms with Crippen molar-refractivity contribution in [2.24, 2.45) is 4.99 Å². The molecular weight excluding hydrogens is 448 g/mol. The Hall–Kier alpha value is -4.09. The van der Waals surface area contributed by atoms with Crippen LogP contribution in [0.5, 0.6) is 11.5 Å². The summed E-state index contributed by atoms with van der Waals surface area (Å²) in [7, 11) is 0. The first-order valence-electron chi connectivity index (χ1n) is 10.7. The van der Waals surface area contributed by atoms with Crippen molar-refractivity contribution in [3.05, 3.63) is 119 Å². The molecule has 0 aliphatic carbocycles. The van der Waals surface area contributed by atoms with E-state index in [1.807, 2.05) is 66.7 Å². The van der Waals surface area contributed by atoms with Crippen molar-refractivity contribution in [2.75, 3.05) is 11.9 Å². The third kappa shape index (κ3) is 6.95. The highest BCUT2D eigenvalue weighted by molar-refractivity contribution is 6.33. The predicted molar refractivity (Wildman–Crippen MR) is 136 cm³/mol. The summed E-state index contributed by atoms with van der Waals surface area (Å²) in [5.74, 6) is 1.10. The smallest absolute Gasteiger partial charge is 0.262 e. The zero-order chi connectivity index (χ0) is 23.6. The van der Waals surface area contributed by atoms with Gasteiger partial charge in [-0.05, 0) is 71.8 Å². The van der Waals surface area contributed by atoms with Crippen LogP contribution in [-0.2, 0) is 11.4 Å². The molecule has 0 heterocycles. The first kappa shape index (κ1) is 23.1. The lowest BCUT2D eigenvalue weighted by Gasteiger charge is -2.08. The summed E-state index contributed by atoms with van der Waals surface area (Å²) in [6, 6.07) is 32.1. The van der Waals surface area contributed by atoms with Crippen molar-refractivity contribution in [2.45, 2.75) is 6.61 Å². The van der Waals surface area contributed by atoms with E-state index in [1.54, 1.807) is 42.6 Å². The van der Waals surface area contributed by atoms with E-state index in [9.17, 15) is 4.79 Å². The number of anilines is 1. The standard InChI is InChI=1S/C28H23ClN2O3/c29-26-8-4-5-9-27(26)31-28(32)20-34-24-14-10-21(11-15-24)18-30-23-12-16-25(17-13-23)33-19-22-6-2-1-3-7-22/h1-18H,19-20H2,(H,31,32). The van der Waals surface area contributed by atoms with Crippen LogP contribution in [-0.4, -0.2) is 18.7 Å². The van der Waals surface area contributed by atoms with Crippen LogP contribution in [0.15, 0.2) is 108 Å². The highest BCUT2D eigenvalue weighted by atomic mass is 35.5. The minimum Gasteiger partial charge on any atom is -0.489 e. The van der Waals surface area contributed by atoms with Crippen LogP contribution in [0.2, 0.25) is 5.02 Å². The number of nitrogens with zero attached hydrogens (tertiary/aromatic N) is 1. The van der Waals surface area contributed by atoms with Gasteiger partial charge in [0.25, 0.3) is 5.91 Å². The first-order valence-corrected chi connectivity index (χ1v) is 11.1. The Kier molecular flexibility index (Phi) is 7.93. The summed E-state index contributed by atoms with van der Waals surface area (Å²) in [5.41, 5.74) is 3.42. The lowest BCUT2D eigenvalue weighted by molar-refractivity contribution is -0.118. The van der Waals surface area contributed by atoms with E-state index in [0.717, 1.165) is 22.6 Å². The molecular formula is C28H23ClN2O3. The molecule has 6 heteroatoms. The zero-order valence-corrected chi connectivity index (χ0v) is 19.1. The van der Waals surface area contributed by atoms with Gasteiger partial charge in [-0.1, -0.05) is 54.1 Å². The molecule has 0 bridgehead atoms. The predicted octanol–water partition coefficient (Wildman–Crippen LogP) is 6.69. The van der Waals surface area contributed by atoms with E-state index in [2.05, 4.69) is 10.3 Å². The molecule has 0 aliphatic rings. The number of ether oxygens (including phenoxy) is 2. The summed E-state index contributed by atoms with van der Waals surface area (Å²) in [4.78, 5) is 16.6. The topological polar surface area (TPSA) is 59.9 Å². The lowest BCUT2D eigenvalue weighted by Crippen LogP contribution is -2.20. The molecule has 0 fully saturated rings. The number of aliphatic imine (C=N–C) groups is 1. The minimum absolute atomic E-state index is 0.114. The van der Waals surface area contributed by atoms with Crippen LogP contribution in [0, 0.1) is 0 Å². The molecule has 1 amide bonds. The van der Waals surface area contributed by atoms with Crippen LogP contribution in [0.25, 0.3) is 0 Å². The number of hydrogen-bond acceptors (Lipinski definition) is 4. The number of benzene rings is 4. The summed E-state index contributed by atoms with van der Waals surface area (Å²) < 4.78 is 11.4. The summed E-state index contributed by atoms with van der Waals surface area (Å²) in [5, 5.41) is 3.20. The zero-order valence-electron chi connectivity index (χ0n) is 18.4. The van der Waals surface area contributed by atoms with Crippen LogP contribution in [0.3, 0.4) is 0 Å². The van der Waals surface area contributed by atoms with Gasteiger partial charge in [0, 0.05) is 6.21 Å². The third-order valence-corrected chi connectivity index (χ3v) is 5.18. The fourth-order valence-corrected chi connectivity index (χ4v) is 3.25. The fraction of sp³-hybridized carbons (Fsp3) is 0.0714. The highest BCUT2D eigenvalue weighted by Gasteiger charge is 2.06. The summed E-state index contributed by atoms with van der Waals surface area (Å²) in [6.07, 6.45) is 1.77. The van der Waals surface area contributed by atoms with E-state index >= 15 is 0 Å². The molecule has 0 unspecified atom stereocenters. The number of carbonyl (C=O) groups excluding carboxylic acids is 1. The number of rotatable bonds is 9. The number of halogens is 1. The lowest BCUT2D eigenvalue weighted by atomic mass is 10.2. The molecule has 0 aliphatic heterocycles. The Morgan fingerprint density at radius 2 is 1.44 bits per heavy atom. The Labute approximate surface area is 203 Å². The van der Waals surface area contributed by atoms with Crippen molar-refractivity contribution in [1.29, 1.82) is 0 Å². The van der Waals surface area contributed by atoms with Crippen molar-refractivity contribution in [3.63, 3.8) is 0 Å². The van der Waals surface area contributed by atoms with Gasteiger partial charge in [0.05, 0.1) is 16.4 Å². The van der Waals surface area contributed by atoms with E-state index in [-0.39, 0.29) is 12.5 Å². The van der Waals surface area contributed by atoms with E-state index in [1.165, 1.54) is 0 Å². The molecule has 0 saturated carbocycles. The SMILES string of the molecule is O=C(COc1ccc(C=Nc2ccc(OCc3ccccc3)cc2)cc1)Nc1ccccc1Cl. The Balaban J connectivity index is 1.24. The average Bonchev–Trinajstić information content (AvgIpc) is 2.88. The van der Waals surface area contributed by atoms with E-state index in [4.69, 9.17) is 21.1 Å². The van der Waals surface area contributed by atoms with Gasteiger partial charge in [-0.15, -0.1) is 0 Å². The van der Waals surface area contributed by atoms with Gasteiger partial charge in [-0.3, -0.25) is 9.79 Å². The molecule has 5 nitrogen and oxygen atoms in total. The maximum Gasteiger partial charge on any atom is 0.262 e. The van der Waals surface area contributed by atoms with E-state index < -0.39 is 0 Å². The molecule has 0 atom stereocenters. The number of hydrogen-bond donors (Lipinski definition) is 1. The van der Waals surface area contributed by atoms with Crippen LogP contribution < -0.4 is 14.8 Å². The number of amides is 1. The molecule has 0 saturated heterocycles. The maximum atomic E-state index is 12.1. The molecule has 0 aromatic heterocycles. The molecule has 170 valence electrons. The van der Waals surface area contributed by atoms with Crippen molar-refractivity contribution < 1.29 is 14.3 Å². The van der Waals surface area contributed by atoms with Gasteiger partial charge in [-0.25, -0.2) is 0 Å². The van der Waals surface area contributed by atoms with Gasteiger partial charge in [-0.2, -0.15) is 0 Å². The molecule has 0 radical (unpaired) electrons. The number of nitrogens with one attached hydrogen (secondary N) is 1. The van der Waals surface area contributed by atoms with Crippen molar-refractivity contribution in [1.82, 2.24) is 0 Å². The summed E-state index contributed by atoms with van der Waals surface area (Å²) >= 11 is 6.05. The molecule has 0 spiro atoms. The van der Waals surface area contributed by atoms with Crippen molar-refractivity contribution in [3.8, 4) is 11.5 Å². The van der Waals surface area contributed by atoms with Gasteiger partial charge in [0.2, 0.25) is 0 Å². The summed E-state index contributed by atoms with van der Waals surface area (Å²) in [6.45, 7) is 0.414. The normalized spacial score (nSPS) is 10.7. The van der Waals surface area contributed by atoms with E-state index in [0.29, 0.717) is 23.1 Å². The third-order valence-electron chi connectivity index (χ3n) is 4.85. The Morgan fingerprint density at radius 3 is 2.18 bits per heavy atom. The van der Waals surface area contributed by atoms with Crippen LogP contribution in [0.4, 0.5) is 11.4 Å². The van der Waals surface area contributed by atoms with Gasteiger partial charge < -0.3 is 14.8 Å². The monoisotopic (exact) mass is 470 g/mol. The molecule has 4 rings (SSSR count). The van der Waals surface area contributed by atoms with Gasteiger partial charge in [0.1, 0.15) is 18.1 Å². The second kappa shape index (κ2) is 11.7. The fourth-order valence-electron chi connectivity index (χ4n) is 3.07. The average molecular weight is 471 g/mol. The molecule has 4 aromatic rings. The van der Waals surface area contributed by atoms with Crippen molar-refractivity contribution >= 4 is 35.1 Å². The maximum absolute atomic E-state index is 12.1. The number of carbonyl (C=O) groups is 1. The Bertz CT molecular complexity index is 1240. The Morgan fingerprint density at radius 1 is 0.794 bits per heavy atom. The van der Waals surface area contributed by atoms with Gasteiger partial charge in [0.15, 0.2) is 6.61 Å². The quantitative estimate of drug-likeness (QED) is 0.277. The van der Waals surface area contributed by atoms with Crippen LogP contribution >= 0.6 is 11.6 Å². The second-order valence-electron chi connectivity index (χ2n) is 7.41. The minimum atomic E-state index is -0.282. The number of para-hydroxylation sites is 1. The van der Waals surface area contributed by atoms with Crippen LogP contribution in [0.1, 0.15) is 11.1 Å². The molecule has 4 aromatic carbocycles. The largest absolute Gasteiger partial charge is 0.489 e. The van der Waals surface area contributed by atoms with Gasteiger partial charge >= 0.3 is 0 Å². The highest BCUT2D eigenvalue weighted by Crippen LogP contribution is 2.21.